The van der Waals surface area contributed by atoms with Crippen molar-refractivity contribution in [2.75, 3.05) is 10.6 Å². The molecular formula is C19H25N3O2. The normalized spacial score (nSPS) is 10.5. The maximum absolute atomic E-state index is 11.7. The number of carbonyl (C=O) groups excluding carboxylic acids is 1. The van der Waals surface area contributed by atoms with Gasteiger partial charge in [0.25, 0.3) is 0 Å². The molecule has 0 atom stereocenters. The highest BCUT2D eigenvalue weighted by molar-refractivity contribution is 5.90. The van der Waals surface area contributed by atoms with E-state index < -0.39 is 0 Å². The van der Waals surface area contributed by atoms with Gasteiger partial charge in [-0.2, -0.15) is 0 Å². The molecule has 24 heavy (non-hydrogen) atoms. The Morgan fingerprint density at radius 2 is 2.00 bits per heavy atom. The molecule has 0 aliphatic carbocycles. The molecule has 0 spiro atoms. The summed E-state index contributed by atoms with van der Waals surface area (Å²) < 4.78 is 5.78. The van der Waals surface area contributed by atoms with E-state index in [4.69, 9.17) is 4.74 Å². The van der Waals surface area contributed by atoms with Crippen LogP contribution in [0.3, 0.4) is 0 Å². The maximum atomic E-state index is 11.7. The molecule has 2 rings (SSSR count). The van der Waals surface area contributed by atoms with Gasteiger partial charge in [-0.25, -0.2) is 4.98 Å². The van der Waals surface area contributed by atoms with Gasteiger partial charge in [0.15, 0.2) is 0 Å². The summed E-state index contributed by atoms with van der Waals surface area (Å²) in [6, 6.07) is 11.4. The number of amides is 1. The molecule has 1 heterocycles. The van der Waals surface area contributed by atoms with Gasteiger partial charge in [0, 0.05) is 6.42 Å². The molecule has 0 fully saturated rings. The number of nitrogens with one attached hydrogen (secondary N) is 2. The number of hydrogen-bond acceptors (Lipinski definition) is 4. The Bertz CT molecular complexity index is 654. The Balaban J connectivity index is 2.00. The second-order valence-electron chi connectivity index (χ2n) is 5.87. The Labute approximate surface area is 143 Å². The van der Waals surface area contributed by atoms with Gasteiger partial charge in [0.05, 0.1) is 23.7 Å². The first-order valence-corrected chi connectivity index (χ1v) is 8.37. The third-order valence-electron chi connectivity index (χ3n) is 3.32. The summed E-state index contributed by atoms with van der Waals surface area (Å²) in [5, 5.41) is 6.10. The van der Waals surface area contributed by atoms with Crippen LogP contribution in [0, 0.1) is 0 Å². The number of rotatable bonds is 8. The summed E-state index contributed by atoms with van der Waals surface area (Å²) in [5.74, 6) is 1.50. The van der Waals surface area contributed by atoms with Crippen LogP contribution in [0.2, 0.25) is 0 Å². The van der Waals surface area contributed by atoms with E-state index in [0.717, 1.165) is 24.3 Å². The van der Waals surface area contributed by atoms with Gasteiger partial charge in [-0.05, 0) is 44.5 Å². The summed E-state index contributed by atoms with van der Waals surface area (Å²) in [6.45, 7) is 6.05. The van der Waals surface area contributed by atoms with E-state index in [1.807, 2.05) is 50.2 Å². The molecule has 0 aliphatic rings. The number of nitrogens with zero attached hydrogens (tertiary/aromatic N) is 1. The van der Waals surface area contributed by atoms with Crippen LogP contribution in [0.5, 0.6) is 5.75 Å². The molecule has 5 nitrogen and oxygen atoms in total. The first-order valence-electron chi connectivity index (χ1n) is 8.37. The lowest BCUT2D eigenvalue weighted by molar-refractivity contribution is -0.116. The molecule has 1 aromatic carbocycles. The highest BCUT2D eigenvalue weighted by atomic mass is 16.5. The van der Waals surface area contributed by atoms with Gasteiger partial charge in [-0.15, -0.1) is 0 Å². The average Bonchev–Trinajstić information content (AvgIpc) is 2.56. The lowest BCUT2D eigenvalue weighted by atomic mass is 10.2. The largest absolute Gasteiger partial charge is 0.489 e. The number of carbonyl (C=O) groups is 1. The van der Waals surface area contributed by atoms with Crippen molar-refractivity contribution in [3.8, 4) is 5.75 Å². The quantitative estimate of drug-likeness (QED) is 0.735. The van der Waals surface area contributed by atoms with Gasteiger partial charge in [-0.1, -0.05) is 25.5 Å². The minimum absolute atomic E-state index is 0.0232. The predicted molar refractivity (Wildman–Crippen MR) is 97.9 cm³/mol. The second kappa shape index (κ2) is 8.91. The van der Waals surface area contributed by atoms with Crippen molar-refractivity contribution in [3.05, 3.63) is 42.6 Å². The summed E-state index contributed by atoms with van der Waals surface area (Å²) in [5.41, 5.74) is 1.56. The third-order valence-corrected chi connectivity index (χ3v) is 3.32. The zero-order valence-electron chi connectivity index (χ0n) is 14.5. The van der Waals surface area contributed by atoms with Crippen molar-refractivity contribution in [1.82, 2.24) is 4.98 Å². The molecule has 0 saturated carbocycles. The van der Waals surface area contributed by atoms with E-state index in [1.54, 1.807) is 6.20 Å². The summed E-state index contributed by atoms with van der Waals surface area (Å²) >= 11 is 0. The fraction of sp³-hybridized carbons (Fsp3) is 0.368. The molecule has 2 aromatic rings. The van der Waals surface area contributed by atoms with Crippen LogP contribution in [0.15, 0.2) is 42.6 Å². The molecule has 1 amide bonds. The van der Waals surface area contributed by atoms with Crippen LogP contribution in [0.1, 0.15) is 40.0 Å². The Kier molecular flexibility index (Phi) is 6.61. The minimum Gasteiger partial charge on any atom is -0.489 e. The highest BCUT2D eigenvalue weighted by Gasteiger charge is 2.06. The van der Waals surface area contributed by atoms with Crippen molar-refractivity contribution >= 4 is 23.1 Å². The minimum atomic E-state index is 0.0232. The van der Waals surface area contributed by atoms with Gasteiger partial charge < -0.3 is 15.4 Å². The molecular weight excluding hydrogens is 302 g/mol. The molecule has 2 N–H and O–H groups in total. The predicted octanol–water partition coefficient (Wildman–Crippen LogP) is 4.74. The molecule has 128 valence electrons. The van der Waals surface area contributed by atoms with E-state index in [0.29, 0.717) is 17.9 Å². The molecule has 0 unspecified atom stereocenters. The van der Waals surface area contributed by atoms with Crippen molar-refractivity contribution in [3.63, 3.8) is 0 Å². The fourth-order valence-electron chi connectivity index (χ4n) is 2.17. The van der Waals surface area contributed by atoms with E-state index >= 15 is 0 Å². The lowest BCUT2D eigenvalue weighted by Crippen LogP contribution is -2.11. The van der Waals surface area contributed by atoms with Crippen LogP contribution in [-0.2, 0) is 4.79 Å². The smallest absolute Gasteiger partial charge is 0.224 e. The third kappa shape index (κ3) is 5.57. The number of anilines is 3. The molecule has 0 bridgehead atoms. The Morgan fingerprint density at radius 3 is 2.67 bits per heavy atom. The van der Waals surface area contributed by atoms with Gasteiger partial charge in [-0.3, -0.25) is 4.79 Å². The molecule has 1 aromatic heterocycles. The zero-order valence-corrected chi connectivity index (χ0v) is 14.5. The van der Waals surface area contributed by atoms with E-state index in [9.17, 15) is 4.79 Å². The topological polar surface area (TPSA) is 63.2 Å². The standard InChI is InChI=1S/C19H25N3O2/c1-4-5-10-19(23)21-15-11-12-18(20-13-15)22-16-8-6-7-9-17(16)24-14(2)3/h6-9,11-14H,4-5,10H2,1-3H3,(H,20,22)(H,21,23). The average molecular weight is 327 g/mol. The number of para-hydroxylation sites is 2. The Morgan fingerprint density at radius 1 is 1.21 bits per heavy atom. The monoisotopic (exact) mass is 327 g/mol. The Hall–Kier alpha value is -2.56. The van der Waals surface area contributed by atoms with Crippen LogP contribution < -0.4 is 15.4 Å². The summed E-state index contributed by atoms with van der Waals surface area (Å²) in [4.78, 5) is 16.1. The van der Waals surface area contributed by atoms with E-state index in [1.165, 1.54) is 0 Å². The number of benzene rings is 1. The zero-order chi connectivity index (χ0) is 17.4. The van der Waals surface area contributed by atoms with Crippen molar-refractivity contribution in [2.45, 2.75) is 46.1 Å². The number of pyridine rings is 1. The second-order valence-corrected chi connectivity index (χ2v) is 5.87. The first kappa shape index (κ1) is 17.8. The van der Waals surface area contributed by atoms with Crippen LogP contribution >= 0.6 is 0 Å². The number of hydrogen-bond donors (Lipinski definition) is 2. The highest BCUT2D eigenvalue weighted by Crippen LogP contribution is 2.27. The van der Waals surface area contributed by atoms with Crippen molar-refractivity contribution in [1.29, 1.82) is 0 Å². The van der Waals surface area contributed by atoms with Gasteiger partial charge in [0.2, 0.25) is 5.91 Å². The lowest BCUT2D eigenvalue weighted by Gasteiger charge is -2.15. The van der Waals surface area contributed by atoms with E-state index in [2.05, 4.69) is 22.5 Å². The summed E-state index contributed by atoms with van der Waals surface area (Å²) in [7, 11) is 0. The van der Waals surface area contributed by atoms with Crippen molar-refractivity contribution in [2.24, 2.45) is 0 Å². The fourth-order valence-corrected chi connectivity index (χ4v) is 2.17. The first-order chi connectivity index (χ1) is 11.6. The van der Waals surface area contributed by atoms with Crippen LogP contribution in [0.25, 0.3) is 0 Å². The van der Waals surface area contributed by atoms with Crippen molar-refractivity contribution < 1.29 is 9.53 Å². The summed E-state index contributed by atoms with van der Waals surface area (Å²) in [6.07, 6.45) is 4.19. The molecule has 5 heteroatoms. The van der Waals surface area contributed by atoms with Gasteiger partial charge >= 0.3 is 0 Å². The van der Waals surface area contributed by atoms with Crippen LogP contribution in [0.4, 0.5) is 17.2 Å². The SMILES string of the molecule is CCCCC(=O)Nc1ccc(Nc2ccccc2OC(C)C)nc1. The van der Waals surface area contributed by atoms with E-state index in [-0.39, 0.29) is 12.0 Å². The van der Waals surface area contributed by atoms with Crippen LogP contribution in [-0.4, -0.2) is 17.0 Å². The molecule has 0 radical (unpaired) electrons. The number of ether oxygens (including phenoxy) is 1. The number of aromatic nitrogens is 1. The number of unbranched alkanes of at least 4 members (excludes halogenated alkanes) is 1. The molecule has 0 aliphatic heterocycles. The maximum Gasteiger partial charge on any atom is 0.224 e. The molecule has 0 saturated heterocycles. The van der Waals surface area contributed by atoms with Gasteiger partial charge in [0.1, 0.15) is 11.6 Å².